The molecule has 4 nitrogen and oxygen atoms in total. The van der Waals surface area contributed by atoms with E-state index in [4.69, 9.17) is 4.74 Å². The Hall–Kier alpha value is -2.17. The van der Waals surface area contributed by atoms with E-state index in [9.17, 15) is 4.79 Å². The Kier molecular flexibility index (Phi) is 3.41. The van der Waals surface area contributed by atoms with Gasteiger partial charge in [-0.05, 0) is 17.7 Å². The van der Waals surface area contributed by atoms with Gasteiger partial charge in [-0.2, -0.15) is 0 Å². The molecule has 0 saturated carbocycles. The fourth-order valence-corrected chi connectivity index (χ4v) is 3.41. The SMILES string of the molecule is O=C1[C@H](c2ccccc2)N2CCOC[C@H]2N1c1ccccc1. The highest BCUT2D eigenvalue weighted by molar-refractivity contribution is 6.00. The molecule has 112 valence electrons. The number of hydrogen-bond donors (Lipinski definition) is 0. The quantitative estimate of drug-likeness (QED) is 0.853. The van der Waals surface area contributed by atoms with Crippen molar-refractivity contribution in [3.63, 3.8) is 0 Å². The van der Waals surface area contributed by atoms with Gasteiger partial charge in [0.2, 0.25) is 5.91 Å². The van der Waals surface area contributed by atoms with E-state index in [1.165, 1.54) is 0 Å². The number of carbonyl (C=O) groups is 1. The molecular weight excluding hydrogens is 276 g/mol. The summed E-state index contributed by atoms with van der Waals surface area (Å²) in [6.45, 7) is 2.01. The normalized spacial score (nSPS) is 25.3. The number of morpholine rings is 1. The Labute approximate surface area is 129 Å². The molecule has 2 aromatic carbocycles. The van der Waals surface area contributed by atoms with E-state index >= 15 is 0 Å². The first-order valence-corrected chi connectivity index (χ1v) is 7.63. The maximum absolute atomic E-state index is 13.1. The number of benzene rings is 2. The van der Waals surface area contributed by atoms with E-state index in [1.807, 2.05) is 65.6 Å². The Bertz CT molecular complexity index is 602. The van der Waals surface area contributed by atoms with Gasteiger partial charge in [-0.15, -0.1) is 0 Å². The molecule has 0 aromatic heterocycles. The van der Waals surface area contributed by atoms with Crippen molar-refractivity contribution in [2.45, 2.75) is 12.2 Å². The van der Waals surface area contributed by atoms with E-state index in [2.05, 4.69) is 4.90 Å². The minimum absolute atomic E-state index is 0.0196. The van der Waals surface area contributed by atoms with Crippen molar-refractivity contribution in [1.82, 2.24) is 4.90 Å². The summed E-state index contributed by atoms with van der Waals surface area (Å²) in [6.07, 6.45) is -0.0196. The van der Waals surface area contributed by atoms with E-state index in [-0.39, 0.29) is 18.1 Å². The smallest absolute Gasteiger partial charge is 0.250 e. The van der Waals surface area contributed by atoms with Gasteiger partial charge in [0, 0.05) is 12.2 Å². The van der Waals surface area contributed by atoms with Crippen molar-refractivity contribution in [2.75, 3.05) is 24.7 Å². The standard InChI is InChI=1S/C18H18N2O2/c21-18-17(14-7-3-1-4-8-14)19-11-12-22-13-16(19)20(18)15-9-5-2-6-10-15/h1-10,16-17H,11-13H2/t16-,17+/m1/s1. The zero-order valence-electron chi connectivity index (χ0n) is 12.3. The van der Waals surface area contributed by atoms with Crippen LogP contribution in [0.4, 0.5) is 5.69 Å². The molecule has 4 rings (SSSR count). The second kappa shape index (κ2) is 5.55. The molecule has 0 unspecified atom stereocenters. The van der Waals surface area contributed by atoms with Crippen molar-refractivity contribution >= 4 is 11.6 Å². The highest BCUT2D eigenvalue weighted by Gasteiger charge is 2.48. The lowest BCUT2D eigenvalue weighted by molar-refractivity contribution is -0.120. The zero-order chi connectivity index (χ0) is 14.9. The maximum Gasteiger partial charge on any atom is 0.250 e. The van der Waals surface area contributed by atoms with Crippen LogP contribution in [0.25, 0.3) is 0 Å². The minimum atomic E-state index is -0.213. The predicted molar refractivity (Wildman–Crippen MR) is 84.4 cm³/mol. The third-order valence-corrected chi connectivity index (χ3v) is 4.39. The lowest BCUT2D eigenvalue weighted by Crippen LogP contribution is -2.48. The van der Waals surface area contributed by atoms with Crippen LogP contribution >= 0.6 is 0 Å². The van der Waals surface area contributed by atoms with Crippen LogP contribution in [0.15, 0.2) is 60.7 Å². The first-order chi connectivity index (χ1) is 10.9. The van der Waals surface area contributed by atoms with Gasteiger partial charge >= 0.3 is 0 Å². The average Bonchev–Trinajstić information content (AvgIpc) is 2.88. The summed E-state index contributed by atoms with van der Waals surface area (Å²) in [5, 5.41) is 0. The second-order valence-electron chi connectivity index (χ2n) is 5.65. The number of hydrogen-bond acceptors (Lipinski definition) is 3. The van der Waals surface area contributed by atoms with Gasteiger partial charge in [0.15, 0.2) is 0 Å². The number of fused-ring (bicyclic) bond motifs is 1. The average molecular weight is 294 g/mol. The van der Waals surface area contributed by atoms with Crippen LogP contribution in [0.2, 0.25) is 0 Å². The molecule has 2 fully saturated rings. The number of carbonyl (C=O) groups excluding carboxylic acids is 1. The van der Waals surface area contributed by atoms with Gasteiger partial charge in [0.05, 0.1) is 13.2 Å². The number of nitrogens with zero attached hydrogens (tertiary/aromatic N) is 2. The Morgan fingerprint density at radius 2 is 1.64 bits per heavy atom. The van der Waals surface area contributed by atoms with Crippen LogP contribution in [0.3, 0.4) is 0 Å². The third-order valence-electron chi connectivity index (χ3n) is 4.39. The van der Waals surface area contributed by atoms with Gasteiger partial charge in [0.25, 0.3) is 0 Å². The first kappa shape index (κ1) is 13.5. The number of para-hydroxylation sites is 1. The summed E-state index contributed by atoms with van der Waals surface area (Å²) >= 11 is 0. The van der Waals surface area contributed by atoms with Crippen molar-refractivity contribution in [3.8, 4) is 0 Å². The lowest BCUT2D eigenvalue weighted by Gasteiger charge is -2.34. The first-order valence-electron chi connectivity index (χ1n) is 7.63. The van der Waals surface area contributed by atoms with Crippen LogP contribution in [0, 0.1) is 0 Å². The van der Waals surface area contributed by atoms with Crippen LogP contribution in [0.1, 0.15) is 11.6 Å². The molecule has 1 amide bonds. The van der Waals surface area contributed by atoms with Gasteiger partial charge in [-0.25, -0.2) is 0 Å². The molecule has 2 saturated heterocycles. The van der Waals surface area contributed by atoms with Crippen molar-refractivity contribution in [3.05, 3.63) is 66.2 Å². The summed E-state index contributed by atoms with van der Waals surface area (Å²) in [5.74, 6) is 0.132. The fraction of sp³-hybridized carbons (Fsp3) is 0.278. The van der Waals surface area contributed by atoms with Crippen LogP contribution in [0.5, 0.6) is 0 Å². The van der Waals surface area contributed by atoms with E-state index in [0.29, 0.717) is 13.2 Å². The van der Waals surface area contributed by atoms with Crippen LogP contribution < -0.4 is 4.90 Å². The largest absolute Gasteiger partial charge is 0.377 e. The second-order valence-corrected chi connectivity index (χ2v) is 5.65. The van der Waals surface area contributed by atoms with Gasteiger partial charge in [0.1, 0.15) is 12.2 Å². The molecular formula is C18H18N2O2. The molecule has 2 aromatic rings. The molecule has 2 aliphatic heterocycles. The van der Waals surface area contributed by atoms with Crippen LogP contribution in [-0.2, 0) is 9.53 Å². The Morgan fingerprint density at radius 1 is 0.955 bits per heavy atom. The topological polar surface area (TPSA) is 32.8 Å². The molecule has 2 aliphatic rings. The summed E-state index contributed by atoms with van der Waals surface area (Å²) in [6, 6.07) is 19.7. The van der Waals surface area contributed by atoms with E-state index in [0.717, 1.165) is 17.8 Å². The Morgan fingerprint density at radius 3 is 2.36 bits per heavy atom. The molecule has 22 heavy (non-hydrogen) atoms. The van der Waals surface area contributed by atoms with Crippen molar-refractivity contribution < 1.29 is 9.53 Å². The van der Waals surface area contributed by atoms with Gasteiger partial charge < -0.3 is 4.74 Å². The molecule has 2 atom stereocenters. The summed E-state index contributed by atoms with van der Waals surface area (Å²) in [7, 11) is 0. The van der Waals surface area contributed by atoms with Gasteiger partial charge in [-0.3, -0.25) is 14.6 Å². The zero-order valence-corrected chi connectivity index (χ0v) is 12.3. The number of amides is 1. The highest BCUT2D eigenvalue weighted by atomic mass is 16.5. The van der Waals surface area contributed by atoms with Gasteiger partial charge in [-0.1, -0.05) is 48.5 Å². The number of rotatable bonds is 2. The molecule has 0 spiro atoms. The molecule has 2 heterocycles. The molecule has 4 heteroatoms. The number of ether oxygens (including phenoxy) is 1. The highest BCUT2D eigenvalue weighted by Crippen LogP contribution is 2.37. The molecule has 0 N–H and O–H groups in total. The van der Waals surface area contributed by atoms with Crippen molar-refractivity contribution in [1.29, 1.82) is 0 Å². The monoisotopic (exact) mass is 294 g/mol. The summed E-state index contributed by atoms with van der Waals surface area (Å²) in [4.78, 5) is 17.2. The van der Waals surface area contributed by atoms with Crippen molar-refractivity contribution in [2.24, 2.45) is 0 Å². The third kappa shape index (κ3) is 2.12. The predicted octanol–water partition coefficient (Wildman–Crippen LogP) is 2.43. The molecule has 0 aliphatic carbocycles. The summed E-state index contributed by atoms with van der Waals surface area (Å²) < 4.78 is 5.63. The Balaban J connectivity index is 1.76. The molecule has 0 radical (unpaired) electrons. The van der Waals surface area contributed by atoms with E-state index in [1.54, 1.807) is 0 Å². The minimum Gasteiger partial charge on any atom is -0.377 e. The maximum atomic E-state index is 13.1. The molecule has 0 bridgehead atoms. The number of anilines is 1. The van der Waals surface area contributed by atoms with Crippen LogP contribution in [-0.4, -0.2) is 36.7 Å². The van der Waals surface area contributed by atoms with E-state index < -0.39 is 0 Å². The lowest BCUT2D eigenvalue weighted by atomic mass is 10.1. The summed E-state index contributed by atoms with van der Waals surface area (Å²) in [5.41, 5.74) is 1.99. The fourth-order valence-electron chi connectivity index (χ4n) is 3.41.